The van der Waals surface area contributed by atoms with Crippen LogP contribution in [0, 0.1) is 5.92 Å². The van der Waals surface area contributed by atoms with E-state index in [1.54, 1.807) is 6.07 Å². The van der Waals surface area contributed by atoms with Crippen LogP contribution < -0.4 is 4.90 Å². The lowest BCUT2D eigenvalue weighted by Gasteiger charge is -2.43. The fourth-order valence-corrected chi connectivity index (χ4v) is 2.95. The van der Waals surface area contributed by atoms with E-state index in [1.165, 1.54) is 6.20 Å². The van der Waals surface area contributed by atoms with E-state index in [-0.39, 0.29) is 12.3 Å². The van der Waals surface area contributed by atoms with Gasteiger partial charge in [-0.3, -0.25) is 9.59 Å². The van der Waals surface area contributed by atoms with E-state index in [9.17, 15) is 14.7 Å². The number of anilines is 1. The number of hydrogen-bond donors (Lipinski definition) is 1. The number of ketones is 1. The van der Waals surface area contributed by atoms with Gasteiger partial charge in [-0.1, -0.05) is 0 Å². The number of carbonyl (C=O) groups is 2. The van der Waals surface area contributed by atoms with Gasteiger partial charge in [0.25, 0.3) is 0 Å². The number of hydrogen-bond acceptors (Lipinski definition) is 5. The highest BCUT2D eigenvalue weighted by Gasteiger charge is 2.46. The summed E-state index contributed by atoms with van der Waals surface area (Å²) in [5.41, 5.74) is 0.916. The zero-order chi connectivity index (χ0) is 13.6. The van der Waals surface area contributed by atoms with Crippen molar-refractivity contribution in [2.24, 2.45) is 5.92 Å². The molecule has 2 aliphatic heterocycles. The number of ether oxygens (including phenoxy) is 1. The highest BCUT2D eigenvalue weighted by molar-refractivity contribution is 9.10. The van der Waals surface area contributed by atoms with Crippen LogP contribution in [0.25, 0.3) is 0 Å². The number of rotatable bonds is 1. The van der Waals surface area contributed by atoms with Crippen molar-refractivity contribution in [1.29, 1.82) is 0 Å². The number of fused-ring (bicyclic) bond motifs is 3. The molecule has 0 aromatic carbocycles. The summed E-state index contributed by atoms with van der Waals surface area (Å²) in [7, 11) is 0. The number of aromatic nitrogens is 1. The Bertz CT molecular complexity index is 563. The fraction of sp³-hybridized carbons (Fsp3) is 0.417. The Kier molecular flexibility index (Phi) is 3.02. The molecule has 2 unspecified atom stereocenters. The normalized spacial score (nSPS) is 25.7. The SMILES string of the molecule is O=C(O)C1C(=O)c2ncc(Br)cc2N2CCOCC12. The molecular formula is C12H11BrN2O4. The number of halogens is 1. The largest absolute Gasteiger partial charge is 0.481 e. The van der Waals surface area contributed by atoms with E-state index in [4.69, 9.17) is 4.74 Å². The summed E-state index contributed by atoms with van der Waals surface area (Å²) in [6.45, 7) is 1.32. The zero-order valence-electron chi connectivity index (χ0n) is 9.88. The van der Waals surface area contributed by atoms with Crippen molar-refractivity contribution in [2.45, 2.75) is 6.04 Å². The van der Waals surface area contributed by atoms with Gasteiger partial charge >= 0.3 is 5.97 Å². The maximum atomic E-state index is 12.3. The molecule has 0 aliphatic carbocycles. The summed E-state index contributed by atoms with van der Waals surface area (Å²) >= 11 is 3.32. The van der Waals surface area contributed by atoms with Crippen molar-refractivity contribution < 1.29 is 19.4 Å². The van der Waals surface area contributed by atoms with Crippen LogP contribution in [-0.2, 0) is 9.53 Å². The molecule has 1 aromatic heterocycles. The van der Waals surface area contributed by atoms with Gasteiger partial charge in [-0.15, -0.1) is 0 Å². The van der Waals surface area contributed by atoms with E-state index < -0.39 is 23.7 Å². The van der Waals surface area contributed by atoms with Crippen LogP contribution in [0.4, 0.5) is 5.69 Å². The smallest absolute Gasteiger partial charge is 0.316 e. The van der Waals surface area contributed by atoms with Gasteiger partial charge in [-0.25, -0.2) is 4.98 Å². The van der Waals surface area contributed by atoms with Gasteiger partial charge in [-0.2, -0.15) is 0 Å². The maximum absolute atomic E-state index is 12.3. The number of nitrogens with zero attached hydrogens (tertiary/aromatic N) is 2. The molecule has 1 N–H and O–H groups in total. The second kappa shape index (κ2) is 4.57. The topological polar surface area (TPSA) is 79.7 Å². The van der Waals surface area contributed by atoms with Crippen molar-refractivity contribution >= 4 is 33.4 Å². The van der Waals surface area contributed by atoms with Crippen LogP contribution in [0.15, 0.2) is 16.7 Å². The van der Waals surface area contributed by atoms with Gasteiger partial charge in [0.15, 0.2) is 5.78 Å². The number of pyridine rings is 1. The first-order valence-electron chi connectivity index (χ1n) is 5.86. The molecule has 100 valence electrons. The molecular weight excluding hydrogens is 316 g/mol. The Morgan fingerprint density at radius 1 is 1.58 bits per heavy atom. The summed E-state index contributed by atoms with van der Waals surface area (Å²) in [6.07, 6.45) is 1.51. The van der Waals surface area contributed by atoms with E-state index in [1.807, 2.05) is 4.90 Å². The van der Waals surface area contributed by atoms with Crippen LogP contribution >= 0.6 is 15.9 Å². The van der Waals surface area contributed by atoms with Crippen molar-refractivity contribution in [2.75, 3.05) is 24.7 Å². The van der Waals surface area contributed by atoms with Gasteiger partial charge in [-0.05, 0) is 22.0 Å². The molecule has 1 saturated heterocycles. The molecule has 0 amide bonds. The molecule has 6 nitrogen and oxygen atoms in total. The van der Waals surface area contributed by atoms with Crippen molar-refractivity contribution in [3.8, 4) is 0 Å². The summed E-state index contributed by atoms with van der Waals surface area (Å²) in [6, 6.07) is 1.35. The monoisotopic (exact) mass is 326 g/mol. The van der Waals surface area contributed by atoms with E-state index in [0.29, 0.717) is 18.8 Å². The number of morpholine rings is 1. The quantitative estimate of drug-likeness (QED) is 0.774. The second-order valence-electron chi connectivity index (χ2n) is 4.54. The Balaban J connectivity index is 2.15. The second-order valence-corrected chi connectivity index (χ2v) is 5.45. The predicted molar refractivity (Wildman–Crippen MR) is 69.3 cm³/mol. The van der Waals surface area contributed by atoms with E-state index in [0.717, 1.165) is 4.47 Å². The summed E-state index contributed by atoms with van der Waals surface area (Å²) in [5, 5.41) is 9.29. The minimum Gasteiger partial charge on any atom is -0.481 e. The van der Waals surface area contributed by atoms with Gasteiger partial charge in [0.1, 0.15) is 11.6 Å². The van der Waals surface area contributed by atoms with Crippen LogP contribution in [0.1, 0.15) is 10.5 Å². The first-order valence-corrected chi connectivity index (χ1v) is 6.66. The summed E-state index contributed by atoms with van der Waals surface area (Å²) in [5.74, 6) is -2.68. The maximum Gasteiger partial charge on any atom is 0.316 e. The van der Waals surface area contributed by atoms with Crippen molar-refractivity contribution in [3.63, 3.8) is 0 Å². The minimum atomic E-state index is -1.12. The molecule has 2 atom stereocenters. The third-order valence-corrected chi connectivity index (χ3v) is 3.91. The Labute approximate surface area is 117 Å². The predicted octanol–water partition coefficient (Wildman–Crippen LogP) is 0.946. The number of carbonyl (C=O) groups excluding carboxylic acids is 1. The molecule has 0 saturated carbocycles. The summed E-state index contributed by atoms with van der Waals surface area (Å²) in [4.78, 5) is 29.6. The van der Waals surface area contributed by atoms with Crippen molar-refractivity contribution in [3.05, 3.63) is 22.4 Å². The highest BCUT2D eigenvalue weighted by Crippen LogP contribution is 2.35. The lowest BCUT2D eigenvalue weighted by Crippen LogP contribution is -2.57. The average molecular weight is 327 g/mol. The molecule has 19 heavy (non-hydrogen) atoms. The number of carboxylic acid groups (broad SMARTS) is 1. The molecule has 0 bridgehead atoms. The van der Waals surface area contributed by atoms with Crippen LogP contribution in [-0.4, -0.2) is 47.6 Å². The number of aliphatic carboxylic acids is 1. The summed E-state index contributed by atoms with van der Waals surface area (Å²) < 4.78 is 6.09. The average Bonchev–Trinajstić information content (AvgIpc) is 2.38. The Morgan fingerprint density at radius 3 is 3.11 bits per heavy atom. The first-order chi connectivity index (χ1) is 9.09. The van der Waals surface area contributed by atoms with Crippen LogP contribution in [0.5, 0.6) is 0 Å². The minimum absolute atomic E-state index is 0.230. The number of Topliss-reactive ketones (excluding diaryl/α,β-unsaturated/α-hetero) is 1. The van der Waals surface area contributed by atoms with Crippen LogP contribution in [0.2, 0.25) is 0 Å². The van der Waals surface area contributed by atoms with Crippen molar-refractivity contribution in [1.82, 2.24) is 4.98 Å². The Morgan fingerprint density at radius 2 is 2.37 bits per heavy atom. The standard InChI is InChI=1S/C12H11BrN2O4/c13-6-3-7-10(14-4-6)11(16)9(12(17)18)8-5-19-2-1-15(7)8/h3-4,8-9H,1-2,5H2,(H,17,18). The first kappa shape index (κ1) is 12.6. The fourth-order valence-electron chi connectivity index (χ4n) is 2.63. The van der Waals surface area contributed by atoms with Gasteiger partial charge in [0, 0.05) is 17.2 Å². The van der Waals surface area contributed by atoms with Gasteiger partial charge in [0.2, 0.25) is 0 Å². The zero-order valence-corrected chi connectivity index (χ0v) is 11.5. The molecule has 1 aromatic rings. The van der Waals surface area contributed by atoms with E-state index in [2.05, 4.69) is 20.9 Å². The molecule has 7 heteroatoms. The van der Waals surface area contributed by atoms with Crippen LogP contribution in [0.3, 0.4) is 0 Å². The lowest BCUT2D eigenvalue weighted by molar-refractivity contribution is -0.141. The molecule has 2 aliphatic rings. The molecule has 3 heterocycles. The lowest BCUT2D eigenvalue weighted by atomic mass is 9.86. The third kappa shape index (κ3) is 1.93. The molecule has 1 fully saturated rings. The Hall–Kier alpha value is -1.47. The molecule has 0 spiro atoms. The van der Waals surface area contributed by atoms with Gasteiger partial charge in [0.05, 0.1) is 24.9 Å². The molecule has 0 radical (unpaired) electrons. The number of carboxylic acids is 1. The highest BCUT2D eigenvalue weighted by atomic mass is 79.9. The third-order valence-electron chi connectivity index (χ3n) is 3.48. The molecule has 3 rings (SSSR count). The van der Waals surface area contributed by atoms with Gasteiger partial charge < -0.3 is 14.7 Å². The van der Waals surface area contributed by atoms with E-state index >= 15 is 0 Å².